The number of nitrogens with one attached hydrogen (secondary N) is 1. The van der Waals surface area contributed by atoms with Crippen LogP contribution >= 0.6 is 0 Å². The van der Waals surface area contributed by atoms with Crippen molar-refractivity contribution >= 4 is 5.82 Å². The summed E-state index contributed by atoms with van der Waals surface area (Å²) in [6, 6.07) is 8.01. The van der Waals surface area contributed by atoms with E-state index in [1.54, 1.807) is 19.5 Å². The van der Waals surface area contributed by atoms with E-state index in [-0.39, 0.29) is 0 Å². The zero-order valence-electron chi connectivity index (χ0n) is 13.4. The van der Waals surface area contributed by atoms with Crippen molar-refractivity contribution in [3.63, 3.8) is 0 Å². The molecule has 1 aliphatic heterocycles. The van der Waals surface area contributed by atoms with Crippen LogP contribution in [0.3, 0.4) is 0 Å². The van der Waals surface area contributed by atoms with Gasteiger partial charge in [0.05, 0.1) is 26.1 Å². The predicted octanol–water partition coefficient (Wildman–Crippen LogP) is 1.52. The van der Waals surface area contributed by atoms with E-state index >= 15 is 0 Å². The van der Waals surface area contributed by atoms with Crippen LogP contribution in [0.2, 0.25) is 0 Å². The minimum Gasteiger partial charge on any atom is -0.497 e. The quantitative estimate of drug-likeness (QED) is 0.872. The average molecular weight is 314 g/mol. The fourth-order valence-corrected chi connectivity index (χ4v) is 2.52. The number of anilines is 1. The van der Waals surface area contributed by atoms with Gasteiger partial charge in [0.1, 0.15) is 5.75 Å². The molecule has 0 spiro atoms. The van der Waals surface area contributed by atoms with Crippen molar-refractivity contribution in [3.05, 3.63) is 42.2 Å². The van der Waals surface area contributed by atoms with Crippen LogP contribution < -0.4 is 19.7 Å². The molecule has 1 saturated heterocycles. The van der Waals surface area contributed by atoms with E-state index < -0.39 is 0 Å². The number of hydrogen-bond donors (Lipinski definition) is 1. The summed E-state index contributed by atoms with van der Waals surface area (Å²) < 4.78 is 10.9. The van der Waals surface area contributed by atoms with E-state index in [0.717, 1.165) is 44.2 Å². The molecule has 2 heterocycles. The predicted molar refractivity (Wildman–Crippen MR) is 89.3 cm³/mol. The van der Waals surface area contributed by atoms with Gasteiger partial charge in [-0.15, -0.1) is 0 Å². The summed E-state index contributed by atoms with van der Waals surface area (Å²) in [5, 5.41) is 3.33. The molecule has 3 rings (SSSR count). The highest BCUT2D eigenvalue weighted by atomic mass is 16.5. The highest BCUT2D eigenvalue weighted by Crippen LogP contribution is 2.15. The van der Waals surface area contributed by atoms with E-state index in [1.807, 2.05) is 24.3 Å². The molecule has 1 fully saturated rings. The lowest BCUT2D eigenvalue weighted by molar-refractivity contribution is 0.308. The summed E-state index contributed by atoms with van der Waals surface area (Å²) in [6.07, 6.45) is 4.28. The van der Waals surface area contributed by atoms with Gasteiger partial charge < -0.3 is 19.7 Å². The Morgan fingerprint density at radius 1 is 1.13 bits per heavy atom. The standard InChI is InChI=1S/C17H22N4O2/c1-22-15-4-2-14(3-5-15)6-11-23-17-13-19-12-16(20-17)21-9-7-18-8-10-21/h2-5,12-13,18H,6-11H2,1H3. The largest absolute Gasteiger partial charge is 0.497 e. The highest BCUT2D eigenvalue weighted by Gasteiger charge is 2.12. The highest BCUT2D eigenvalue weighted by molar-refractivity contribution is 5.38. The molecule has 6 nitrogen and oxygen atoms in total. The number of hydrogen-bond acceptors (Lipinski definition) is 6. The van der Waals surface area contributed by atoms with Crippen molar-refractivity contribution in [1.29, 1.82) is 0 Å². The number of aromatic nitrogens is 2. The molecular weight excluding hydrogens is 292 g/mol. The van der Waals surface area contributed by atoms with Gasteiger partial charge in [0.2, 0.25) is 5.88 Å². The Labute approximate surface area is 136 Å². The van der Waals surface area contributed by atoms with Gasteiger partial charge >= 0.3 is 0 Å². The fourth-order valence-electron chi connectivity index (χ4n) is 2.52. The first-order chi connectivity index (χ1) is 11.3. The summed E-state index contributed by atoms with van der Waals surface area (Å²) in [6.45, 7) is 4.43. The Bertz CT molecular complexity index is 612. The third kappa shape index (κ3) is 4.32. The van der Waals surface area contributed by atoms with E-state index in [0.29, 0.717) is 12.5 Å². The van der Waals surface area contributed by atoms with Gasteiger partial charge in [-0.1, -0.05) is 12.1 Å². The molecule has 1 aliphatic rings. The first-order valence-electron chi connectivity index (χ1n) is 7.88. The van der Waals surface area contributed by atoms with Crippen LogP contribution in [0.5, 0.6) is 11.6 Å². The molecule has 0 amide bonds. The summed E-state index contributed by atoms with van der Waals surface area (Å²) in [4.78, 5) is 11.0. The molecule has 0 radical (unpaired) electrons. The van der Waals surface area contributed by atoms with Crippen molar-refractivity contribution in [2.75, 3.05) is 44.8 Å². The van der Waals surface area contributed by atoms with Crippen LogP contribution in [0, 0.1) is 0 Å². The zero-order valence-corrected chi connectivity index (χ0v) is 13.4. The SMILES string of the molecule is COc1ccc(CCOc2cncc(N3CCNCC3)n2)cc1. The Morgan fingerprint density at radius 3 is 2.65 bits per heavy atom. The number of piperazine rings is 1. The maximum Gasteiger partial charge on any atom is 0.234 e. The van der Waals surface area contributed by atoms with Crippen LogP contribution in [-0.2, 0) is 6.42 Å². The second kappa shape index (κ2) is 7.78. The lowest BCUT2D eigenvalue weighted by Gasteiger charge is -2.28. The lowest BCUT2D eigenvalue weighted by Crippen LogP contribution is -2.43. The molecule has 1 N–H and O–H groups in total. The van der Waals surface area contributed by atoms with Gasteiger partial charge in [-0.25, -0.2) is 0 Å². The second-order valence-electron chi connectivity index (χ2n) is 5.40. The van der Waals surface area contributed by atoms with Crippen LogP contribution in [0.25, 0.3) is 0 Å². The summed E-state index contributed by atoms with van der Waals surface area (Å²) in [5.74, 6) is 2.33. The van der Waals surface area contributed by atoms with Crippen LogP contribution in [0.15, 0.2) is 36.7 Å². The second-order valence-corrected chi connectivity index (χ2v) is 5.40. The number of methoxy groups -OCH3 is 1. The van der Waals surface area contributed by atoms with E-state index in [4.69, 9.17) is 9.47 Å². The molecule has 0 aliphatic carbocycles. The van der Waals surface area contributed by atoms with Gasteiger partial charge in [0.25, 0.3) is 0 Å². The average Bonchev–Trinajstić information content (AvgIpc) is 2.63. The summed E-state index contributed by atoms with van der Waals surface area (Å²) in [5.41, 5.74) is 1.21. The maximum atomic E-state index is 5.75. The van der Waals surface area contributed by atoms with Crippen LogP contribution in [0.1, 0.15) is 5.56 Å². The normalized spacial score (nSPS) is 14.6. The third-order valence-corrected chi connectivity index (χ3v) is 3.84. The van der Waals surface area contributed by atoms with E-state index in [2.05, 4.69) is 20.2 Å². The molecular formula is C17H22N4O2. The maximum absolute atomic E-state index is 5.75. The Morgan fingerprint density at radius 2 is 1.91 bits per heavy atom. The number of ether oxygens (including phenoxy) is 2. The first kappa shape index (κ1) is 15.6. The van der Waals surface area contributed by atoms with E-state index in [1.165, 1.54) is 5.56 Å². The van der Waals surface area contributed by atoms with Gasteiger partial charge in [-0.2, -0.15) is 4.98 Å². The molecule has 1 aromatic carbocycles. The van der Waals surface area contributed by atoms with Crippen molar-refractivity contribution in [2.24, 2.45) is 0 Å². The summed E-state index contributed by atoms with van der Waals surface area (Å²) in [7, 11) is 1.67. The minimum atomic E-state index is 0.575. The molecule has 2 aromatic rings. The monoisotopic (exact) mass is 314 g/mol. The van der Waals surface area contributed by atoms with Crippen LogP contribution in [0.4, 0.5) is 5.82 Å². The number of rotatable bonds is 6. The summed E-state index contributed by atoms with van der Waals surface area (Å²) >= 11 is 0. The van der Waals surface area contributed by atoms with Gasteiger partial charge in [0, 0.05) is 32.6 Å². The molecule has 0 atom stereocenters. The van der Waals surface area contributed by atoms with Crippen molar-refractivity contribution in [1.82, 2.24) is 15.3 Å². The minimum absolute atomic E-state index is 0.575. The molecule has 122 valence electrons. The van der Waals surface area contributed by atoms with E-state index in [9.17, 15) is 0 Å². The molecule has 23 heavy (non-hydrogen) atoms. The molecule has 6 heteroatoms. The number of nitrogens with zero attached hydrogens (tertiary/aromatic N) is 3. The zero-order chi connectivity index (χ0) is 15.9. The fraction of sp³-hybridized carbons (Fsp3) is 0.412. The van der Waals surface area contributed by atoms with Crippen LogP contribution in [-0.4, -0.2) is 49.9 Å². The van der Waals surface area contributed by atoms with Crippen molar-refractivity contribution < 1.29 is 9.47 Å². The van der Waals surface area contributed by atoms with Gasteiger partial charge in [0.15, 0.2) is 5.82 Å². The molecule has 0 bridgehead atoms. The molecule has 1 aromatic heterocycles. The Balaban J connectivity index is 1.53. The van der Waals surface area contributed by atoms with Crippen molar-refractivity contribution in [2.45, 2.75) is 6.42 Å². The number of benzene rings is 1. The lowest BCUT2D eigenvalue weighted by atomic mass is 10.1. The Hall–Kier alpha value is -2.34. The molecule has 0 unspecified atom stereocenters. The molecule has 0 saturated carbocycles. The topological polar surface area (TPSA) is 59.5 Å². The Kier molecular flexibility index (Phi) is 5.26. The van der Waals surface area contributed by atoms with Crippen molar-refractivity contribution in [3.8, 4) is 11.6 Å². The third-order valence-electron chi connectivity index (χ3n) is 3.84. The smallest absolute Gasteiger partial charge is 0.234 e. The first-order valence-corrected chi connectivity index (χ1v) is 7.88. The van der Waals surface area contributed by atoms with Gasteiger partial charge in [-0.05, 0) is 17.7 Å². The van der Waals surface area contributed by atoms with Gasteiger partial charge in [-0.3, -0.25) is 4.98 Å².